The average Bonchev–Trinajstić information content (AvgIpc) is 3.13. The summed E-state index contributed by atoms with van der Waals surface area (Å²) in [5.74, 6) is 0.908. The van der Waals surface area contributed by atoms with Gasteiger partial charge in [0, 0.05) is 21.4 Å². The van der Waals surface area contributed by atoms with E-state index in [4.69, 9.17) is 23.2 Å². The molecule has 4 rings (SSSR count). The first kappa shape index (κ1) is 18.2. The van der Waals surface area contributed by atoms with Gasteiger partial charge in [-0.1, -0.05) is 40.9 Å². The van der Waals surface area contributed by atoms with E-state index in [1.54, 1.807) is 16.8 Å². The Hall–Kier alpha value is -2.15. The Balaban J connectivity index is 1.76. The first-order valence-corrected chi connectivity index (χ1v) is 10.5. The van der Waals surface area contributed by atoms with E-state index in [-0.39, 0.29) is 10.9 Å². The molecule has 1 aliphatic heterocycles. The van der Waals surface area contributed by atoms with Gasteiger partial charge in [0.15, 0.2) is 0 Å². The number of anilines is 1. The molecule has 0 saturated heterocycles. The summed E-state index contributed by atoms with van der Waals surface area (Å²) >= 11 is 12.1. The largest absolute Gasteiger partial charge is 0.306 e. The molecule has 1 aromatic heterocycles. The van der Waals surface area contributed by atoms with Crippen LogP contribution >= 0.6 is 23.2 Å². The van der Waals surface area contributed by atoms with E-state index in [2.05, 4.69) is 10.4 Å². The number of nitrogens with one attached hydrogen (secondary N) is 1. The van der Waals surface area contributed by atoms with Crippen LogP contribution < -0.4 is 5.32 Å². The van der Waals surface area contributed by atoms with E-state index >= 15 is 0 Å². The molecular formula is C19H15Cl2N3O2S. The zero-order valence-electron chi connectivity index (χ0n) is 14.3. The quantitative estimate of drug-likeness (QED) is 0.679. The van der Waals surface area contributed by atoms with E-state index in [1.807, 2.05) is 31.2 Å². The minimum atomic E-state index is -1.00. The lowest BCUT2D eigenvalue weighted by Gasteiger charge is -2.12. The second kappa shape index (κ2) is 7.11. The molecule has 0 unspecified atom stereocenters. The Labute approximate surface area is 168 Å². The van der Waals surface area contributed by atoms with Crippen LogP contribution in [0.3, 0.4) is 0 Å². The summed E-state index contributed by atoms with van der Waals surface area (Å²) in [4.78, 5) is 12.8. The topological polar surface area (TPSA) is 64.0 Å². The lowest BCUT2D eigenvalue weighted by Crippen LogP contribution is -2.17. The Kier molecular flexibility index (Phi) is 4.80. The van der Waals surface area contributed by atoms with Crippen LogP contribution in [0.4, 0.5) is 5.82 Å². The molecule has 3 aromatic rings. The predicted octanol–water partition coefficient (Wildman–Crippen LogP) is 4.50. The van der Waals surface area contributed by atoms with Crippen molar-refractivity contribution in [1.29, 1.82) is 0 Å². The number of fused-ring (bicyclic) bond motifs is 1. The number of amides is 1. The first-order chi connectivity index (χ1) is 12.9. The maximum Gasteiger partial charge on any atom is 0.258 e. The SMILES string of the molecule is Cc1ccc(-n2nc3c(c2NC(=O)c2ccc(Cl)cc2Cl)C[S@@](=O)C3)cc1. The fourth-order valence-electron chi connectivity index (χ4n) is 2.98. The van der Waals surface area contributed by atoms with Gasteiger partial charge in [0.1, 0.15) is 5.82 Å². The fourth-order valence-corrected chi connectivity index (χ4v) is 4.74. The molecule has 1 aliphatic rings. The molecule has 1 N–H and O–H groups in total. The van der Waals surface area contributed by atoms with Crippen molar-refractivity contribution in [3.63, 3.8) is 0 Å². The number of hydrogen-bond acceptors (Lipinski definition) is 3. The third-order valence-corrected chi connectivity index (χ3v) is 6.11. The van der Waals surface area contributed by atoms with Crippen molar-refractivity contribution in [2.24, 2.45) is 0 Å². The molecule has 0 fully saturated rings. The molecule has 0 saturated carbocycles. The normalized spacial score (nSPS) is 15.6. The number of aromatic nitrogens is 2. The van der Waals surface area contributed by atoms with Gasteiger partial charge in [0.25, 0.3) is 5.91 Å². The van der Waals surface area contributed by atoms with Crippen LogP contribution in [0, 0.1) is 6.92 Å². The van der Waals surface area contributed by atoms with Gasteiger partial charge in [-0.25, -0.2) is 4.68 Å². The molecule has 5 nitrogen and oxygen atoms in total. The lowest BCUT2D eigenvalue weighted by atomic mass is 10.2. The van der Waals surface area contributed by atoms with Crippen molar-refractivity contribution in [3.8, 4) is 5.69 Å². The molecule has 27 heavy (non-hydrogen) atoms. The number of hydrogen-bond donors (Lipinski definition) is 1. The summed E-state index contributed by atoms with van der Waals surface area (Å²) in [6, 6.07) is 12.5. The van der Waals surface area contributed by atoms with Crippen LogP contribution in [-0.4, -0.2) is 19.9 Å². The van der Waals surface area contributed by atoms with Gasteiger partial charge in [-0.3, -0.25) is 9.00 Å². The first-order valence-electron chi connectivity index (χ1n) is 8.21. The van der Waals surface area contributed by atoms with E-state index < -0.39 is 10.8 Å². The smallest absolute Gasteiger partial charge is 0.258 e. The average molecular weight is 420 g/mol. The molecule has 138 valence electrons. The Morgan fingerprint density at radius 1 is 1.15 bits per heavy atom. The third kappa shape index (κ3) is 3.52. The number of carbonyl (C=O) groups is 1. The summed E-state index contributed by atoms with van der Waals surface area (Å²) in [7, 11) is -1.00. The molecule has 0 radical (unpaired) electrons. The van der Waals surface area contributed by atoms with E-state index in [9.17, 15) is 9.00 Å². The highest BCUT2D eigenvalue weighted by molar-refractivity contribution is 7.83. The van der Waals surface area contributed by atoms with Crippen LogP contribution in [0.15, 0.2) is 42.5 Å². The molecule has 2 aromatic carbocycles. The number of nitrogens with zero attached hydrogens (tertiary/aromatic N) is 2. The number of benzene rings is 2. The predicted molar refractivity (Wildman–Crippen MR) is 108 cm³/mol. The molecule has 0 aliphatic carbocycles. The second-order valence-electron chi connectivity index (χ2n) is 6.33. The van der Waals surface area contributed by atoms with Crippen molar-refractivity contribution in [2.75, 3.05) is 5.32 Å². The van der Waals surface area contributed by atoms with Crippen molar-refractivity contribution in [2.45, 2.75) is 18.4 Å². The van der Waals surface area contributed by atoms with Gasteiger partial charge in [-0.2, -0.15) is 5.10 Å². The Morgan fingerprint density at radius 3 is 2.59 bits per heavy atom. The maximum atomic E-state index is 12.8. The standard InChI is InChI=1S/C19H15Cl2N3O2S/c1-11-2-5-13(6-3-11)24-18(15-9-27(26)10-17(15)23-24)22-19(25)14-7-4-12(20)8-16(14)21/h2-8H,9-10H2,1H3,(H,22,25)/t27-/m1/s1. The van der Waals surface area contributed by atoms with Crippen molar-refractivity contribution < 1.29 is 9.00 Å². The lowest BCUT2D eigenvalue weighted by molar-refractivity contribution is 0.102. The van der Waals surface area contributed by atoms with Gasteiger partial charge in [-0.05, 0) is 37.3 Å². The highest BCUT2D eigenvalue weighted by Crippen LogP contribution is 2.32. The van der Waals surface area contributed by atoms with Crippen molar-refractivity contribution in [1.82, 2.24) is 9.78 Å². The highest BCUT2D eigenvalue weighted by Gasteiger charge is 2.28. The van der Waals surface area contributed by atoms with Crippen molar-refractivity contribution >= 4 is 45.7 Å². The summed E-state index contributed by atoms with van der Waals surface area (Å²) in [6.45, 7) is 2.00. The second-order valence-corrected chi connectivity index (χ2v) is 8.63. The minimum Gasteiger partial charge on any atom is -0.306 e. The molecule has 0 spiro atoms. The molecule has 1 amide bonds. The maximum absolute atomic E-state index is 12.8. The fraction of sp³-hybridized carbons (Fsp3) is 0.158. The summed E-state index contributed by atoms with van der Waals surface area (Å²) in [5, 5.41) is 8.20. The minimum absolute atomic E-state index is 0.265. The molecular weight excluding hydrogens is 405 g/mol. The van der Waals surface area contributed by atoms with Gasteiger partial charge < -0.3 is 5.32 Å². The van der Waals surface area contributed by atoms with Crippen LogP contribution in [0.5, 0.6) is 0 Å². The summed E-state index contributed by atoms with van der Waals surface area (Å²) < 4.78 is 13.6. The number of rotatable bonds is 3. The highest BCUT2D eigenvalue weighted by atomic mass is 35.5. The summed E-state index contributed by atoms with van der Waals surface area (Å²) in [6.07, 6.45) is 0. The zero-order valence-corrected chi connectivity index (χ0v) is 16.7. The molecule has 1 atom stereocenters. The van der Waals surface area contributed by atoms with Crippen molar-refractivity contribution in [3.05, 3.63) is 74.9 Å². The number of aryl methyl sites for hydroxylation is 1. The van der Waals surface area contributed by atoms with E-state index in [0.717, 1.165) is 22.5 Å². The number of halogens is 2. The third-order valence-electron chi connectivity index (χ3n) is 4.36. The van der Waals surface area contributed by atoms with Crippen LogP contribution in [0.1, 0.15) is 27.2 Å². The van der Waals surface area contributed by atoms with Crippen LogP contribution in [0.25, 0.3) is 5.69 Å². The van der Waals surface area contributed by atoms with Crippen LogP contribution in [0.2, 0.25) is 10.0 Å². The summed E-state index contributed by atoms with van der Waals surface area (Å²) in [5.41, 5.74) is 3.79. The van der Waals surface area contributed by atoms with Gasteiger partial charge in [-0.15, -0.1) is 0 Å². The Morgan fingerprint density at radius 2 is 1.89 bits per heavy atom. The number of carbonyl (C=O) groups excluding carboxylic acids is 1. The van der Waals surface area contributed by atoms with E-state index in [1.165, 1.54) is 6.07 Å². The molecule has 0 bridgehead atoms. The van der Waals surface area contributed by atoms with Gasteiger partial charge >= 0.3 is 0 Å². The van der Waals surface area contributed by atoms with Gasteiger partial charge in [0.2, 0.25) is 0 Å². The van der Waals surface area contributed by atoms with Gasteiger partial charge in [0.05, 0.1) is 33.5 Å². The van der Waals surface area contributed by atoms with E-state index in [0.29, 0.717) is 27.9 Å². The molecule has 2 heterocycles. The Bertz CT molecular complexity index is 1080. The monoisotopic (exact) mass is 419 g/mol. The molecule has 8 heteroatoms. The van der Waals surface area contributed by atoms with Crippen LogP contribution in [-0.2, 0) is 22.3 Å². The zero-order chi connectivity index (χ0) is 19.1.